The maximum Gasteiger partial charge on any atom is 0.335 e. The summed E-state index contributed by atoms with van der Waals surface area (Å²) in [5.41, 5.74) is -1.73. The summed E-state index contributed by atoms with van der Waals surface area (Å²) >= 11 is 0. The number of carbonyl (C=O) groups is 3. The lowest BCUT2D eigenvalue weighted by Crippen LogP contribution is -2.59. The molecule has 3 aromatic rings. The smallest absolute Gasteiger partial charge is 0.335 e. The third-order valence-electron chi connectivity index (χ3n) is 7.32. The number of phenols is 6. The number of hydrogen-bond acceptors (Lipinski definition) is 14. The summed E-state index contributed by atoms with van der Waals surface area (Å²) < 4.78 is 16.5. The van der Waals surface area contributed by atoms with E-state index in [0.29, 0.717) is 5.56 Å². The lowest BCUT2D eigenvalue weighted by molar-refractivity contribution is -0.229. The Bertz CT molecular complexity index is 1800. The van der Waals surface area contributed by atoms with Gasteiger partial charge in [0.05, 0.1) is 0 Å². The first-order valence-electron chi connectivity index (χ1n) is 14.4. The van der Waals surface area contributed by atoms with Crippen molar-refractivity contribution in [2.24, 2.45) is 0 Å². The number of aliphatic carboxylic acids is 1. The normalized spacial score (nSPS) is 21.6. The van der Waals surface area contributed by atoms with Crippen molar-refractivity contribution in [3.8, 4) is 34.5 Å². The van der Waals surface area contributed by atoms with Crippen LogP contribution in [0.15, 0.2) is 72.8 Å². The molecule has 4 rings (SSSR count). The zero-order valence-electron chi connectivity index (χ0n) is 25.4. The second-order valence-electron chi connectivity index (χ2n) is 11.0. The molecule has 1 fully saturated rings. The molecule has 0 radical (unpaired) electrons. The summed E-state index contributed by atoms with van der Waals surface area (Å²) in [7, 11) is 0. The molecule has 15 heteroatoms. The fraction of sp³-hybridized carbons (Fsp3) is 0.206. The summed E-state index contributed by atoms with van der Waals surface area (Å²) in [5, 5.41) is 89.2. The molecular formula is C34H32O15. The highest BCUT2D eigenvalue weighted by atomic mass is 16.6. The molecule has 5 unspecified atom stereocenters. The van der Waals surface area contributed by atoms with E-state index < -0.39 is 89.7 Å². The molecular weight excluding hydrogens is 648 g/mol. The van der Waals surface area contributed by atoms with Crippen molar-refractivity contribution in [1.29, 1.82) is 0 Å². The summed E-state index contributed by atoms with van der Waals surface area (Å²) in [6, 6.07) is 11.1. The fourth-order valence-electron chi connectivity index (χ4n) is 4.82. The first-order chi connectivity index (χ1) is 23.1. The summed E-state index contributed by atoms with van der Waals surface area (Å²) in [6.45, 7) is 0. The maximum absolute atomic E-state index is 13.0. The van der Waals surface area contributed by atoms with E-state index in [0.717, 1.165) is 30.4 Å². The number of benzene rings is 3. The molecule has 9 N–H and O–H groups in total. The van der Waals surface area contributed by atoms with Gasteiger partial charge in [-0.1, -0.05) is 24.3 Å². The van der Waals surface area contributed by atoms with E-state index in [1.54, 1.807) is 0 Å². The van der Waals surface area contributed by atoms with E-state index in [2.05, 4.69) is 0 Å². The van der Waals surface area contributed by atoms with Gasteiger partial charge in [-0.15, -0.1) is 0 Å². The van der Waals surface area contributed by atoms with Crippen LogP contribution in [0.25, 0.3) is 18.2 Å². The van der Waals surface area contributed by atoms with Crippen LogP contribution in [0.2, 0.25) is 0 Å². The predicted molar refractivity (Wildman–Crippen MR) is 169 cm³/mol. The van der Waals surface area contributed by atoms with E-state index in [1.807, 2.05) is 0 Å². The molecule has 1 saturated carbocycles. The minimum absolute atomic E-state index is 0.268. The largest absolute Gasteiger partial charge is 0.504 e. The number of rotatable bonds is 11. The van der Waals surface area contributed by atoms with E-state index in [-0.39, 0.29) is 16.9 Å². The van der Waals surface area contributed by atoms with Crippen LogP contribution in [0.3, 0.4) is 0 Å². The predicted octanol–water partition coefficient (Wildman–Crippen LogP) is 2.50. The maximum atomic E-state index is 13.0. The van der Waals surface area contributed by atoms with Gasteiger partial charge in [0.2, 0.25) is 0 Å². The molecule has 49 heavy (non-hydrogen) atoms. The zero-order chi connectivity index (χ0) is 35.9. The second-order valence-corrected chi connectivity index (χ2v) is 11.0. The molecule has 0 saturated heterocycles. The number of esters is 2. The van der Waals surface area contributed by atoms with Crippen LogP contribution in [-0.4, -0.2) is 94.1 Å². The Hall–Kier alpha value is -6.03. The van der Waals surface area contributed by atoms with Crippen LogP contribution >= 0.6 is 0 Å². The van der Waals surface area contributed by atoms with Crippen molar-refractivity contribution in [3.63, 3.8) is 0 Å². The Balaban J connectivity index is 1.61. The van der Waals surface area contributed by atoms with Gasteiger partial charge in [-0.25, -0.2) is 14.4 Å². The van der Waals surface area contributed by atoms with Gasteiger partial charge >= 0.3 is 17.9 Å². The first-order valence-corrected chi connectivity index (χ1v) is 14.4. The molecule has 258 valence electrons. The van der Waals surface area contributed by atoms with Gasteiger partial charge < -0.3 is 60.2 Å². The molecule has 5 atom stereocenters. The number of aliphatic hydroxyl groups is 2. The zero-order valence-corrected chi connectivity index (χ0v) is 25.4. The third kappa shape index (κ3) is 9.51. The number of carboxylic acid groups (broad SMARTS) is 1. The average molecular weight is 681 g/mol. The van der Waals surface area contributed by atoms with Crippen LogP contribution in [0.5, 0.6) is 34.5 Å². The Morgan fingerprint density at radius 1 is 0.653 bits per heavy atom. The van der Waals surface area contributed by atoms with Gasteiger partial charge in [0.15, 0.2) is 52.5 Å². The van der Waals surface area contributed by atoms with Crippen molar-refractivity contribution < 1.29 is 74.6 Å². The lowest BCUT2D eigenvalue weighted by atomic mass is 9.79. The lowest BCUT2D eigenvalue weighted by Gasteiger charge is -2.42. The molecule has 15 nitrogen and oxygen atoms in total. The summed E-state index contributed by atoms with van der Waals surface area (Å²) in [6.07, 6.45) is -1.60. The number of aliphatic hydroxyl groups excluding tert-OH is 1. The van der Waals surface area contributed by atoms with E-state index in [4.69, 9.17) is 14.2 Å². The number of ether oxygens (including phenoxy) is 3. The van der Waals surface area contributed by atoms with Gasteiger partial charge in [0, 0.05) is 25.0 Å². The summed E-state index contributed by atoms with van der Waals surface area (Å²) in [5.74, 6) is -6.44. The second kappa shape index (κ2) is 15.2. The van der Waals surface area contributed by atoms with Crippen LogP contribution in [-0.2, 0) is 28.6 Å². The molecule has 0 bridgehead atoms. The minimum atomic E-state index is -2.59. The number of phenolic OH excluding ortho intramolecular Hbond substituents is 6. The highest BCUT2D eigenvalue weighted by Gasteiger charge is 2.53. The molecule has 0 aromatic heterocycles. The van der Waals surface area contributed by atoms with Crippen LogP contribution < -0.4 is 0 Å². The fourth-order valence-corrected chi connectivity index (χ4v) is 4.82. The first kappa shape index (κ1) is 35.8. The van der Waals surface area contributed by atoms with Crippen molar-refractivity contribution in [3.05, 3.63) is 89.5 Å². The molecule has 0 aliphatic heterocycles. The Kier molecular flexibility index (Phi) is 11.1. The SMILES string of the molecule is O=C(/C=C/c1ccc(O)c(O)c1)OC1CC(O)(C(=O)O)CC(OC(O)/C=C/c2ccc(O)c(O)c2)C1OC(=O)/C=C/c1ccc(O)c(O)c1. The van der Waals surface area contributed by atoms with E-state index in [1.165, 1.54) is 60.7 Å². The third-order valence-corrected chi connectivity index (χ3v) is 7.32. The van der Waals surface area contributed by atoms with Crippen LogP contribution in [0, 0.1) is 0 Å². The standard InChI is InChI=1S/C34H32O15/c35-21-7-1-18(13-24(21)38)4-10-29(41)47-27-16-34(46,33(44)45)17-28(48-30(42)11-5-19-2-8-22(36)25(39)14-19)32(27)49-31(43)12-6-20-3-9-23(37)26(40)15-20/h1-15,27-29,32,35-41,46H,16-17H2,(H,44,45)/b10-4+,11-5+,12-6+. The van der Waals surface area contributed by atoms with E-state index in [9.17, 15) is 60.3 Å². The van der Waals surface area contributed by atoms with Gasteiger partial charge in [-0.05, 0) is 71.3 Å². The van der Waals surface area contributed by atoms with Crippen molar-refractivity contribution in [2.75, 3.05) is 0 Å². The number of carboxylic acids is 1. The molecule has 0 amide bonds. The van der Waals surface area contributed by atoms with E-state index >= 15 is 0 Å². The van der Waals surface area contributed by atoms with Gasteiger partial charge in [0.25, 0.3) is 0 Å². The van der Waals surface area contributed by atoms with Crippen molar-refractivity contribution in [2.45, 2.75) is 43.0 Å². The van der Waals surface area contributed by atoms with Gasteiger partial charge in [0.1, 0.15) is 12.2 Å². The molecule has 0 heterocycles. The molecule has 0 spiro atoms. The number of hydrogen-bond donors (Lipinski definition) is 9. The van der Waals surface area contributed by atoms with Crippen LogP contribution in [0.1, 0.15) is 29.5 Å². The van der Waals surface area contributed by atoms with Gasteiger partial charge in [-0.2, -0.15) is 0 Å². The topological polar surface area (TPSA) is 261 Å². The number of aromatic hydroxyl groups is 6. The summed E-state index contributed by atoms with van der Waals surface area (Å²) in [4.78, 5) is 38.0. The Labute approximate surface area is 277 Å². The van der Waals surface area contributed by atoms with Gasteiger partial charge in [-0.3, -0.25) is 0 Å². The molecule has 1 aliphatic rings. The molecule has 3 aromatic carbocycles. The molecule has 1 aliphatic carbocycles. The number of carbonyl (C=O) groups excluding carboxylic acids is 2. The average Bonchev–Trinajstić information content (AvgIpc) is 3.04. The Morgan fingerprint density at radius 3 is 1.53 bits per heavy atom. The highest BCUT2D eigenvalue weighted by Crippen LogP contribution is 2.36. The minimum Gasteiger partial charge on any atom is -0.504 e. The monoisotopic (exact) mass is 680 g/mol. The van der Waals surface area contributed by atoms with Crippen molar-refractivity contribution >= 4 is 36.1 Å². The van der Waals surface area contributed by atoms with Crippen LogP contribution in [0.4, 0.5) is 0 Å². The van der Waals surface area contributed by atoms with Crippen molar-refractivity contribution in [1.82, 2.24) is 0 Å². The quantitative estimate of drug-likeness (QED) is 0.0610. The Morgan fingerprint density at radius 2 is 1.08 bits per heavy atom. The highest BCUT2D eigenvalue weighted by molar-refractivity contribution is 5.88.